The Morgan fingerprint density at radius 3 is 2.53 bits per heavy atom. The number of anilines is 2. The number of imidazole rings is 1. The van der Waals surface area contributed by atoms with Crippen LogP contribution in [0.15, 0.2) is 84.1 Å². The Morgan fingerprint density at radius 1 is 0.898 bits per heavy atom. The van der Waals surface area contributed by atoms with Crippen LogP contribution >= 0.6 is 11.8 Å². The van der Waals surface area contributed by atoms with E-state index < -0.39 is 29.7 Å². The number of carbonyl (C=O) groups is 6. The number of carbonyl (C=O) groups excluding carboxylic acids is 6. The van der Waals surface area contributed by atoms with E-state index in [9.17, 15) is 28.8 Å². The number of aromatic nitrogens is 4. The van der Waals surface area contributed by atoms with Crippen LogP contribution in [0, 0.1) is 0 Å². The number of thioether (sulfide) groups is 1. The molecule has 2 fully saturated rings. The Hall–Kier alpha value is -6.50. The molecule has 17 nitrogen and oxygen atoms in total. The molecule has 0 saturated carbocycles. The van der Waals surface area contributed by atoms with Gasteiger partial charge in [-0.3, -0.25) is 43.4 Å². The van der Waals surface area contributed by atoms with E-state index >= 15 is 0 Å². The summed E-state index contributed by atoms with van der Waals surface area (Å²) in [4.78, 5) is 93.5. The minimum atomic E-state index is -1.03. The fraction of sp³-hybridized carbons (Fsp3) is 0.293. The number of fused-ring (bicyclic) bond motifs is 2. The van der Waals surface area contributed by atoms with Crippen molar-refractivity contribution in [3.63, 3.8) is 0 Å². The van der Waals surface area contributed by atoms with E-state index in [4.69, 9.17) is 20.2 Å². The summed E-state index contributed by atoms with van der Waals surface area (Å²) >= 11 is 1.35. The summed E-state index contributed by atoms with van der Waals surface area (Å²) in [7, 11) is 0. The van der Waals surface area contributed by atoms with E-state index in [0.29, 0.717) is 58.6 Å². The second-order valence-corrected chi connectivity index (χ2v) is 15.1. The van der Waals surface area contributed by atoms with E-state index in [1.165, 1.54) is 11.8 Å². The Labute approximate surface area is 341 Å². The van der Waals surface area contributed by atoms with Crippen molar-refractivity contribution in [2.24, 2.45) is 0 Å². The van der Waals surface area contributed by atoms with Crippen molar-refractivity contribution >= 4 is 64.4 Å². The quantitative estimate of drug-likeness (QED) is 0.0831. The summed E-state index contributed by atoms with van der Waals surface area (Å²) < 4.78 is 13.3. The predicted octanol–water partition coefficient (Wildman–Crippen LogP) is 3.52. The first-order chi connectivity index (χ1) is 28.7. The molecule has 4 N–H and O–H groups in total. The number of hydrogen-bond donors (Lipinski definition) is 3. The zero-order chi connectivity index (χ0) is 41.0. The van der Waals surface area contributed by atoms with Gasteiger partial charge >= 0.3 is 0 Å². The Morgan fingerprint density at radius 2 is 1.73 bits per heavy atom. The lowest BCUT2D eigenvalue weighted by atomic mass is 10.0. The van der Waals surface area contributed by atoms with E-state index in [1.807, 2.05) is 4.40 Å². The maximum absolute atomic E-state index is 13.5. The van der Waals surface area contributed by atoms with Gasteiger partial charge in [0.2, 0.25) is 17.7 Å². The highest BCUT2D eigenvalue weighted by atomic mass is 32.2. The molecular formula is C41H39N9O8S. The van der Waals surface area contributed by atoms with Gasteiger partial charge in [0.1, 0.15) is 41.3 Å². The number of pyridine rings is 1. The van der Waals surface area contributed by atoms with E-state index in [-0.39, 0.29) is 67.5 Å². The first kappa shape index (κ1) is 39.3. The van der Waals surface area contributed by atoms with Crippen LogP contribution in [0.5, 0.6) is 0 Å². The molecule has 302 valence electrons. The molecule has 3 aliphatic heterocycles. The third kappa shape index (κ3) is 8.01. The van der Waals surface area contributed by atoms with Crippen molar-refractivity contribution in [1.82, 2.24) is 34.5 Å². The SMILES string of the molecule is Nc1nccn2c([C@@H]3CCCN3C(=O)COCCOCCSc3cccc4c3C(=O)N(C3CCC(=O)NC3=O)C4=O)nc(-c3ccc(C(=O)Nc4ccccn4)cc3)c12. The molecule has 8 rings (SSSR count). The lowest BCUT2D eigenvalue weighted by Gasteiger charge is -2.27. The number of likely N-dealkylation sites (tertiary alicyclic amines) is 1. The fourth-order valence-corrected chi connectivity index (χ4v) is 8.48. The second kappa shape index (κ2) is 17.2. The molecule has 0 radical (unpaired) electrons. The van der Waals surface area contributed by atoms with Crippen LogP contribution < -0.4 is 16.4 Å². The highest BCUT2D eigenvalue weighted by Gasteiger charge is 2.45. The first-order valence-corrected chi connectivity index (χ1v) is 20.1. The summed E-state index contributed by atoms with van der Waals surface area (Å²) in [5.74, 6) is -0.837. The van der Waals surface area contributed by atoms with Gasteiger partial charge in [-0.25, -0.2) is 15.0 Å². The van der Waals surface area contributed by atoms with Crippen LogP contribution in [0.2, 0.25) is 0 Å². The van der Waals surface area contributed by atoms with Gasteiger partial charge in [0.25, 0.3) is 17.7 Å². The molecule has 5 aromatic rings. The third-order valence-corrected chi connectivity index (χ3v) is 11.3. The van der Waals surface area contributed by atoms with Crippen molar-refractivity contribution in [3.8, 4) is 11.3 Å². The number of nitrogens with zero attached hydrogens (tertiary/aromatic N) is 6. The smallest absolute Gasteiger partial charge is 0.263 e. The van der Waals surface area contributed by atoms with Gasteiger partial charge in [0, 0.05) is 53.3 Å². The number of nitrogens with one attached hydrogen (secondary N) is 2. The molecule has 3 aromatic heterocycles. The minimum Gasteiger partial charge on any atom is -0.382 e. The molecule has 0 spiro atoms. The minimum absolute atomic E-state index is 0.0488. The van der Waals surface area contributed by atoms with Crippen LogP contribution in [0.1, 0.15) is 68.6 Å². The van der Waals surface area contributed by atoms with Crippen LogP contribution in [0.3, 0.4) is 0 Å². The number of nitrogen functional groups attached to an aromatic ring is 1. The van der Waals surface area contributed by atoms with E-state index in [1.54, 1.807) is 84.2 Å². The van der Waals surface area contributed by atoms with Crippen molar-refractivity contribution in [2.75, 3.05) is 49.8 Å². The Bertz CT molecular complexity index is 2460. The fourth-order valence-electron chi connectivity index (χ4n) is 7.54. The topological polar surface area (TPSA) is 221 Å². The molecular weight excluding hydrogens is 779 g/mol. The number of benzene rings is 2. The van der Waals surface area contributed by atoms with E-state index in [0.717, 1.165) is 16.9 Å². The number of nitrogens with two attached hydrogens (primary N) is 1. The highest BCUT2D eigenvalue weighted by molar-refractivity contribution is 7.99. The number of imide groups is 2. The molecule has 6 amide bonds. The van der Waals surface area contributed by atoms with Crippen LogP contribution in [0.4, 0.5) is 11.6 Å². The van der Waals surface area contributed by atoms with Crippen LogP contribution in [-0.4, -0.2) is 109 Å². The number of hydrogen-bond acceptors (Lipinski definition) is 13. The van der Waals surface area contributed by atoms with E-state index in [2.05, 4.69) is 20.6 Å². The summed E-state index contributed by atoms with van der Waals surface area (Å²) in [6.45, 7) is 1.11. The largest absolute Gasteiger partial charge is 0.382 e. The summed E-state index contributed by atoms with van der Waals surface area (Å²) in [6, 6.07) is 15.9. The van der Waals surface area contributed by atoms with Crippen molar-refractivity contribution in [1.29, 1.82) is 0 Å². The van der Waals surface area contributed by atoms with Crippen molar-refractivity contribution < 1.29 is 38.2 Å². The zero-order valence-corrected chi connectivity index (χ0v) is 32.5. The molecule has 1 unspecified atom stereocenters. The van der Waals surface area contributed by atoms with Gasteiger partial charge in [0.05, 0.1) is 37.0 Å². The summed E-state index contributed by atoms with van der Waals surface area (Å²) in [5, 5.41) is 4.98. The summed E-state index contributed by atoms with van der Waals surface area (Å²) in [6.07, 6.45) is 6.58. The first-order valence-electron chi connectivity index (χ1n) is 19.1. The second-order valence-electron chi connectivity index (χ2n) is 14.0. The Kier molecular flexibility index (Phi) is 11.4. The van der Waals surface area contributed by atoms with Crippen LogP contribution in [-0.2, 0) is 23.9 Å². The molecule has 0 bridgehead atoms. The lowest BCUT2D eigenvalue weighted by molar-refractivity contribution is -0.138. The maximum Gasteiger partial charge on any atom is 0.263 e. The molecule has 2 aromatic carbocycles. The molecule has 2 atom stereocenters. The van der Waals surface area contributed by atoms with Crippen molar-refractivity contribution in [2.45, 2.75) is 42.7 Å². The number of ether oxygens (including phenoxy) is 2. The highest BCUT2D eigenvalue weighted by Crippen LogP contribution is 2.37. The molecule has 6 heterocycles. The van der Waals surface area contributed by atoms with Gasteiger partial charge in [-0.15, -0.1) is 11.8 Å². The van der Waals surface area contributed by atoms with Crippen LogP contribution in [0.25, 0.3) is 16.8 Å². The number of piperidine rings is 1. The normalized spacial score (nSPS) is 17.8. The van der Waals surface area contributed by atoms with Gasteiger partial charge in [-0.2, -0.15) is 0 Å². The maximum atomic E-state index is 13.5. The van der Waals surface area contributed by atoms with Gasteiger partial charge in [-0.05, 0) is 55.7 Å². The molecule has 3 aliphatic rings. The van der Waals surface area contributed by atoms with Gasteiger partial charge in [0.15, 0.2) is 0 Å². The molecule has 2 saturated heterocycles. The average molecular weight is 818 g/mol. The summed E-state index contributed by atoms with van der Waals surface area (Å²) in [5.41, 5.74) is 9.21. The third-order valence-electron chi connectivity index (χ3n) is 10.3. The molecule has 18 heteroatoms. The standard InChI is InChI=1S/C41H39N9O8S/c42-36-35-34(24-9-11-25(12-10-24)38(53)45-30-8-1-2-15-43-30)47-37(49(35)18-16-44-36)27-6-4-17-48(27)32(52)23-58-20-19-57-21-22-59-29-7-3-5-26-33(29)41(56)50(40(26)55)28-13-14-31(51)46-39(28)54/h1-3,5,7-12,15-16,18,27-28H,4,6,13-14,17,19-23H2,(H2,42,44)(H,43,45,53)(H,46,51,54)/t27-,28?/m0/s1. The molecule has 0 aliphatic carbocycles. The predicted molar refractivity (Wildman–Crippen MR) is 214 cm³/mol. The van der Waals surface area contributed by atoms with Gasteiger partial charge in [-0.1, -0.05) is 24.3 Å². The Balaban J connectivity index is 0.831. The average Bonchev–Trinajstić information content (AvgIpc) is 3.95. The monoisotopic (exact) mass is 817 g/mol. The van der Waals surface area contributed by atoms with Gasteiger partial charge < -0.3 is 25.4 Å². The number of rotatable bonds is 14. The molecule has 59 heavy (non-hydrogen) atoms. The number of amides is 6. The zero-order valence-electron chi connectivity index (χ0n) is 31.7. The van der Waals surface area contributed by atoms with Crippen molar-refractivity contribution in [3.05, 3.63) is 102 Å². The lowest BCUT2D eigenvalue weighted by Crippen LogP contribution is -2.54.